The molecule has 0 radical (unpaired) electrons. The Morgan fingerprint density at radius 2 is 2.15 bits per heavy atom. The van der Waals surface area contributed by atoms with Gasteiger partial charge in [-0.05, 0) is 12.7 Å². The van der Waals surface area contributed by atoms with Crippen LogP contribution < -0.4 is 5.32 Å². The Balaban J connectivity index is 3.56. The minimum Gasteiger partial charge on any atom is -0.480 e. The molecule has 0 aliphatic heterocycles. The van der Waals surface area contributed by atoms with Crippen LogP contribution in [0.1, 0.15) is 20.3 Å². The van der Waals surface area contributed by atoms with Crippen molar-refractivity contribution in [3.8, 4) is 0 Å². The molecule has 0 aromatic rings. The van der Waals surface area contributed by atoms with Gasteiger partial charge in [0.15, 0.2) is 0 Å². The number of hydrogen-bond acceptors (Lipinski definition) is 3. The molecule has 2 N–H and O–H groups in total. The number of amides is 1. The first kappa shape index (κ1) is 12.3. The van der Waals surface area contributed by atoms with Crippen LogP contribution >= 0.6 is 11.8 Å². The first-order chi connectivity index (χ1) is 6.07. The third-order valence-electron chi connectivity index (χ3n) is 1.43. The normalized spacial score (nSPS) is 12.2. The lowest BCUT2D eigenvalue weighted by Crippen LogP contribution is -2.38. The number of carboxylic acids is 1. The molecule has 0 heterocycles. The number of aliphatic carboxylic acids is 1. The van der Waals surface area contributed by atoms with Crippen LogP contribution in [0.4, 0.5) is 0 Å². The first-order valence-electron chi connectivity index (χ1n) is 4.17. The van der Waals surface area contributed by atoms with Crippen LogP contribution in [-0.4, -0.2) is 34.5 Å². The Labute approximate surface area is 82.1 Å². The Hall–Kier alpha value is -0.710. The molecule has 1 amide bonds. The predicted molar refractivity (Wildman–Crippen MR) is 52.9 cm³/mol. The Kier molecular flexibility index (Phi) is 6.40. The van der Waals surface area contributed by atoms with Gasteiger partial charge in [-0.15, -0.1) is 0 Å². The molecule has 0 fully saturated rings. The SMILES string of the molecule is CCSCCC(=O)NC(C)C(=O)O. The highest BCUT2D eigenvalue weighted by Gasteiger charge is 2.12. The van der Waals surface area contributed by atoms with Crippen molar-refractivity contribution in [2.75, 3.05) is 11.5 Å². The van der Waals surface area contributed by atoms with Crippen LogP contribution in [0.15, 0.2) is 0 Å². The number of carbonyl (C=O) groups is 2. The molecule has 5 heteroatoms. The van der Waals surface area contributed by atoms with E-state index in [1.807, 2.05) is 6.92 Å². The molecular formula is C8H15NO3S. The first-order valence-corrected chi connectivity index (χ1v) is 5.33. The number of carboxylic acid groups (broad SMARTS) is 1. The van der Waals surface area contributed by atoms with Crippen LogP contribution in [0, 0.1) is 0 Å². The van der Waals surface area contributed by atoms with E-state index in [0.717, 1.165) is 11.5 Å². The highest BCUT2D eigenvalue weighted by molar-refractivity contribution is 7.99. The Bertz CT molecular complexity index is 184. The van der Waals surface area contributed by atoms with Crippen LogP contribution in [0.25, 0.3) is 0 Å². The van der Waals surface area contributed by atoms with Crippen LogP contribution in [0.5, 0.6) is 0 Å². The van der Waals surface area contributed by atoms with Gasteiger partial charge in [0.1, 0.15) is 6.04 Å². The smallest absolute Gasteiger partial charge is 0.325 e. The number of carbonyl (C=O) groups excluding carboxylic acids is 1. The van der Waals surface area contributed by atoms with Crippen LogP contribution in [0.2, 0.25) is 0 Å². The number of rotatable bonds is 6. The van der Waals surface area contributed by atoms with E-state index in [0.29, 0.717) is 6.42 Å². The van der Waals surface area contributed by atoms with Crippen molar-refractivity contribution >= 4 is 23.6 Å². The summed E-state index contributed by atoms with van der Waals surface area (Å²) in [5.74, 6) is 0.517. The van der Waals surface area contributed by atoms with Gasteiger partial charge in [0.2, 0.25) is 5.91 Å². The average Bonchev–Trinajstić information content (AvgIpc) is 2.04. The molecule has 0 aromatic heterocycles. The molecular weight excluding hydrogens is 190 g/mol. The van der Waals surface area contributed by atoms with Crippen LogP contribution in [0.3, 0.4) is 0 Å². The second kappa shape index (κ2) is 6.77. The van der Waals surface area contributed by atoms with Crippen molar-refractivity contribution in [1.29, 1.82) is 0 Å². The van der Waals surface area contributed by atoms with Gasteiger partial charge < -0.3 is 10.4 Å². The summed E-state index contributed by atoms with van der Waals surface area (Å²) in [6.45, 7) is 3.47. The largest absolute Gasteiger partial charge is 0.480 e. The fraction of sp³-hybridized carbons (Fsp3) is 0.750. The maximum absolute atomic E-state index is 11.0. The molecule has 0 aromatic carbocycles. The van der Waals surface area contributed by atoms with Crippen molar-refractivity contribution in [3.63, 3.8) is 0 Å². The summed E-state index contributed by atoms with van der Waals surface area (Å²) in [5.41, 5.74) is 0. The van der Waals surface area contributed by atoms with Gasteiger partial charge in [0.25, 0.3) is 0 Å². The zero-order valence-electron chi connectivity index (χ0n) is 7.87. The van der Waals surface area contributed by atoms with E-state index >= 15 is 0 Å². The summed E-state index contributed by atoms with van der Waals surface area (Å²) in [6.07, 6.45) is 0.385. The summed E-state index contributed by atoms with van der Waals surface area (Å²) in [7, 11) is 0. The van der Waals surface area contributed by atoms with E-state index in [2.05, 4.69) is 5.32 Å². The van der Waals surface area contributed by atoms with Crippen molar-refractivity contribution in [1.82, 2.24) is 5.32 Å². The van der Waals surface area contributed by atoms with E-state index in [1.165, 1.54) is 6.92 Å². The van der Waals surface area contributed by atoms with Gasteiger partial charge in [0.05, 0.1) is 0 Å². The zero-order chi connectivity index (χ0) is 10.3. The van der Waals surface area contributed by atoms with E-state index < -0.39 is 12.0 Å². The highest BCUT2D eigenvalue weighted by atomic mass is 32.2. The summed E-state index contributed by atoms with van der Waals surface area (Å²) in [5, 5.41) is 10.9. The van der Waals surface area contributed by atoms with E-state index in [1.54, 1.807) is 11.8 Å². The fourth-order valence-corrected chi connectivity index (χ4v) is 1.30. The molecule has 0 saturated carbocycles. The Morgan fingerprint density at radius 3 is 2.62 bits per heavy atom. The minimum absolute atomic E-state index is 0.198. The van der Waals surface area contributed by atoms with Gasteiger partial charge in [0, 0.05) is 12.2 Å². The molecule has 0 spiro atoms. The van der Waals surface area contributed by atoms with Gasteiger partial charge in [-0.2, -0.15) is 11.8 Å². The van der Waals surface area contributed by atoms with E-state index in [4.69, 9.17) is 5.11 Å². The predicted octanol–water partition coefficient (Wildman–Crippen LogP) is 0.719. The molecule has 76 valence electrons. The molecule has 0 saturated heterocycles. The summed E-state index contributed by atoms with van der Waals surface area (Å²) in [4.78, 5) is 21.4. The highest BCUT2D eigenvalue weighted by Crippen LogP contribution is 2.00. The van der Waals surface area contributed by atoms with Crippen molar-refractivity contribution in [3.05, 3.63) is 0 Å². The van der Waals surface area contributed by atoms with Crippen LogP contribution in [-0.2, 0) is 9.59 Å². The van der Waals surface area contributed by atoms with Gasteiger partial charge >= 0.3 is 5.97 Å². The lowest BCUT2D eigenvalue weighted by Gasteiger charge is -2.08. The molecule has 4 nitrogen and oxygen atoms in total. The molecule has 1 unspecified atom stereocenters. The van der Waals surface area contributed by atoms with Gasteiger partial charge in [-0.25, -0.2) is 0 Å². The Morgan fingerprint density at radius 1 is 1.54 bits per heavy atom. The van der Waals surface area contributed by atoms with Gasteiger partial charge in [-0.3, -0.25) is 9.59 Å². The molecule has 0 aliphatic carbocycles. The maximum atomic E-state index is 11.0. The molecule has 0 aliphatic rings. The standard InChI is InChI=1S/C8H15NO3S/c1-3-13-5-4-7(10)9-6(2)8(11)12/h6H,3-5H2,1-2H3,(H,9,10)(H,11,12). The quantitative estimate of drug-likeness (QED) is 0.627. The van der Waals surface area contributed by atoms with Crippen molar-refractivity contribution in [2.24, 2.45) is 0 Å². The molecule has 13 heavy (non-hydrogen) atoms. The topological polar surface area (TPSA) is 66.4 Å². The minimum atomic E-state index is -1.00. The second-order valence-electron chi connectivity index (χ2n) is 2.57. The lowest BCUT2D eigenvalue weighted by molar-refractivity contribution is -0.141. The number of nitrogens with one attached hydrogen (secondary N) is 1. The summed E-state index contributed by atoms with van der Waals surface area (Å²) < 4.78 is 0. The zero-order valence-corrected chi connectivity index (χ0v) is 8.69. The lowest BCUT2D eigenvalue weighted by atomic mass is 10.3. The third-order valence-corrected chi connectivity index (χ3v) is 2.33. The van der Waals surface area contributed by atoms with Crippen molar-refractivity contribution in [2.45, 2.75) is 26.3 Å². The number of hydrogen-bond donors (Lipinski definition) is 2. The van der Waals surface area contributed by atoms with Gasteiger partial charge in [-0.1, -0.05) is 6.92 Å². The fourth-order valence-electron chi connectivity index (χ4n) is 0.685. The average molecular weight is 205 g/mol. The molecule has 0 rings (SSSR count). The maximum Gasteiger partial charge on any atom is 0.325 e. The molecule has 0 bridgehead atoms. The van der Waals surface area contributed by atoms with E-state index in [9.17, 15) is 9.59 Å². The van der Waals surface area contributed by atoms with E-state index in [-0.39, 0.29) is 5.91 Å². The van der Waals surface area contributed by atoms with Crippen molar-refractivity contribution < 1.29 is 14.7 Å². The second-order valence-corrected chi connectivity index (χ2v) is 3.97. The summed E-state index contributed by atoms with van der Waals surface area (Å²) >= 11 is 1.66. The third kappa shape index (κ3) is 6.45. The number of thioether (sulfide) groups is 1. The monoisotopic (exact) mass is 205 g/mol. The molecule has 1 atom stereocenters. The summed E-state index contributed by atoms with van der Waals surface area (Å²) in [6, 6.07) is -0.792.